The summed E-state index contributed by atoms with van der Waals surface area (Å²) >= 11 is 0. The third-order valence-corrected chi connectivity index (χ3v) is 10.0. The third kappa shape index (κ3) is 4.04. The van der Waals surface area contributed by atoms with Crippen molar-refractivity contribution >= 4 is 0 Å². The van der Waals surface area contributed by atoms with E-state index in [1.54, 1.807) is 0 Å². The van der Waals surface area contributed by atoms with Gasteiger partial charge in [-0.1, -0.05) is 152 Å². The molecule has 0 atom stereocenters. The molecule has 0 bridgehead atoms. The molecular formula is C45H28N4. The molecule has 0 aliphatic heterocycles. The van der Waals surface area contributed by atoms with E-state index in [4.69, 9.17) is 19.9 Å². The smallest absolute Gasteiger partial charge is 0.165 e. The Morgan fingerprint density at radius 2 is 0.816 bits per heavy atom. The lowest BCUT2D eigenvalue weighted by Crippen LogP contribution is -2.25. The molecule has 10 rings (SSSR count). The van der Waals surface area contributed by atoms with Crippen molar-refractivity contribution in [2.45, 2.75) is 5.41 Å². The second-order valence-electron chi connectivity index (χ2n) is 12.6. The normalized spacial score (nSPS) is 13.1. The molecule has 0 saturated carbocycles. The zero-order chi connectivity index (χ0) is 32.4. The zero-order valence-corrected chi connectivity index (χ0v) is 26.5. The van der Waals surface area contributed by atoms with E-state index in [1.807, 2.05) is 60.8 Å². The topological polar surface area (TPSA) is 51.6 Å². The van der Waals surface area contributed by atoms with Gasteiger partial charge in [-0.25, -0.2) is 15.0 Å². The highest BCUT2D eigenvalue weighted by Crippen LogP contribution is 2.63. The van der Waals surface area contributed by atoms with Crippen molar-refractivity contribution in [3.8, 4) is 67.7 Å². The molecule has 228 valence electrons. The molecule has 2 heterocycles. The number of hydrogen-bond acceptors (Lipinski definition) is 4. The number of hydrogen-bond donors (Lipinski definition) is 0. The quantitative estimate of drug-likeness (QED) is 0.196. The van der Waals surface area contributed by atoms with Crippen LogP contribution in [0.3, 0.4) is 0 Å². The van der Waals surface area contributed by atoms with Crippen LogP contribution in [0.2, 0.25) is 0 Å². The van der Waals surface area contributed by atoms with Crippen molar-refractivity contribution < 1.29 is 0 Å². The largest absolute Gasteiger partial charge is 0.255 e. The molecule has 0 saturated heterocycles. The average molecular weight is 625 g/mol. The van der Waals surface area contributed by atoms with Gasteiger partial charge in [0.25, 0.3) is 0 Å². The van der Waals surface area contributed by atoms with Crippen LogP contribution in [0.25, 0.3) is 67.7 Å². The Bertz CT molecular complexity index is 2490. The molecular weight excluding hydrogens is 597 g/mol. The second-order valence-corrected chi connectivity index (χ2v) is 12.6. The van der Waals surface area contributed by atoms with E-state index in [-0.39, 0.29) is 0 Å². The molecule has 2 aromatic heterocycles. The van der Waals surface area contributed by atoms with Crippen LogP contribution in [0.15, 0.2) is 170 Å². The summed E-state index contributed by atoms with van der Waals surface area (Å²) in [5, 5.41) is 0. The van der Waals surface area contributed by atoms with Crippen molar-refractivity contribution in [3.05, 3.63) is 192 Å². The Morgan fingerprint density at radius 3 is 1.45 bits per heavy atom. The number of fused-ring (bicyclic) bond motifs is 10. The van der Waals surface area contributed by atoms with Crippen molar-refractivity contribution in [3.63, 3.8) is 0 Å². The van der Waals surface area contributed by atoms with Crippen molar-refractivity contribution in [1.82, 2.24) is 19.9 Å². The van der Waals surface area contributed by atoms with Gasteiger partial charge in [-0.15, -0.1) is 0 Å². The standard InChI is InChI=1S/C45H28N4/c1-3-14-29(15-4-1)40-27-26-31(28-46-40)43-47-42(30-16-5-2-6-17-30)48-44(49-43)35-21-13-25-39-41(35)34-20-9-12-24-38(34)45(39)36-22-10-7-18-32(36)33-19-8-11-23-37(33)45/h1-28H. The molecule has 0 fully saturated rings. The summed E-state index contributed by atoms with van der Waals surface area (Å²) in [5.41, 5.74) is 14.4. The van der Waals surface area contributed by atoms with Crippen molar-refractivity contribution in [1.29, 1.82) is 0 Å². The fourth-order valence-corrected chi connectivity index (χ4v) is 7.98. The predicted molar refractivity (Wildman–Crippen MR) is 196 cm³/mol. The summed E-state index contributed by atoms with van der Waals surface area (Å²) in [6, 6.07) is 57.6. The van der Waals surface area contributed by atoms with Gasteiger partial charge in [0.2, 0.25) is 0 Å². The average Bonchev–Trinajstić information content (AvgIpc) is 3.66. The van der Waals surface area contributed by atoms with E-state index in [1.165, 1.54) is 44.5 Å². The Labute approximate surface area is 284 Å². The maximum absolute atomic E-state index is 5.19. The molecule has 0 N–H and O–H groups in total. The molecule has 4 nitrogen and oxygen atoms in total. The summed E-state index contributed by atoms with van der Waals surface area (Å²) < 4.78 is 0. The van der Waals surface area contributed by atoms with Crippen LogP contribution in [-0.4, -0.2) is 19.9 Å². The monoisotopic (exact) mass is 624 g/mol. The lowest BCUT2D eigenvalue weighted by Gasteiger charge is -2.30. The van der Waals surface area contributed by atoms with Crippen LogP contribution in [0.5, 0.6) is 0 Å². The minimum Gasteiger partial charge on any atom is -0.255 e. The fourth-order valence-electron chi connectivity index (χ4n) is 7.98. The minimum absolute atomic E-state index is 0.440. The third-order valence-electron chi connectivity index (χ3n) is 10.0. The Kier molecular flexibility index (Phi) is 6.06. The fraction of sp³-hybridized carbons (Fsp3) is 0.0222. The number of nitrogens with zero attached hydrogens (tertiary/aromatic N) is 4. The molecule has 6 aromatic carbocycles. The number of rotatable bonds is 4. The van der Waals surface area contributed by atoms with Crippen LogP contribution in [0.1, 0.15) is 22.3 Å². The van der Waals surface area contributed by atoms with Gasteiger partial charge in [0.1, 0.15) is 0 Å². The van der Waals surface area contributed by atoms with E-state index >= 15 is 0 Å². The van der Waals surface area contributed by atoms with Crippen LogP contribution in [0.4, 0.5) is 0 Å². The first kappa shape index (κ1) is 27.6. The maximum atomic E-state index is 5.19. The van der Waals surface area contributed by atoms with Gasteiger partial charge in [-0.3, -0.25) is 4.98 Å². The summed E-state index contributed by atoms with van der Waals surface area (Å²) in [6.07, 6.45) is 1.86. The highest BCUT2D eigenvalue weighted by atomic mass is 15.0. The Hall–Kier alpha value is -6.52. The van der Waals surface area contributed by atoms with Gasteiger partial charge in [-0.05, 0) is 56.6 Å². The number of benzene rings is 6. The van der Waals surface area contributed by atoms with Gasteiger partial charge in [0.15, 0.2) is 17.5 Å². The van der Waals surface area contributed by atoms with Crippen LogP contribution < -0.4 is 0 Å². The molecule has 0 unspecified atom stereocenters. The van der Waals surface area contributed by atoms with E-state index in [9.17, 15) is 0 Å². The van der Waals surface area contributed by atoms with Gasteiger partial charge < -0.3 is 0 Å². The minimum atomic E-state index is -0.440. The molecule has 4 heteroatoms. The van der Waals surface area contributed by atoms with Crippen LogP contribution >= 0.6 is 0 Å². The maximum Gasteiger partial charge on any atom is 0.165 e. The Morgan fingerprint density at radius 1 is 0.327 bits per heavy atom. The molecule has 0 radical (unpaired) electrons. The van der Waals surface area contributed by atoms with Crippen LogP contribution in [0, 0.1) is 0 Å². The first-order valence-corrected chi connectivity index (χ1v) is 16.6. The van der Waals surface area contributed by atoms with Gasteiger partial charge in [0.05, 0.1) is 11.1 Å². The molecule has 49 heavy (non-hydrogen) atoms. The van der Waals surface area contributed by atoms with Crippen LogP contribution in [-0.2, 0) is 5.41 Å². The summed E-state index contributed by atoms with van der Waals surface area (Å²) in [5.74, 6) is 1.85. The summed E-state index contributed by atoms with van der Waals surface area (Å²) in [6.45, 7) is 0. The van der Waals surface area contributed by atoms with Gasteiger partial charge in [0, 0.05) is 28.5 Å². The Balaban J connectivity index is 1.22. The zero-order valence-electron chi connectivity index (χ0n) is 26.5. The molecule has 1 spiro atoms. The first-order valence-electron chi connectivity index (χ1n) is 16.6. The second kappa shape index (κ2) is 10.8. The lowest BCUT2D eigenvalue weighted by atomic mass is 9.70. The summed E-state index contributed by atoms with van der Waals surface area (Å²) in [7, 11) is 0. The highest BCUT2D eigenvalue weighted by Gasteiger charge is 2.52. The predicted octanol–water partition coefficient (Wildman–Crippen LogP) is 10.3. The van der Waals surface area contributed by atoms with Gasteiger partial charge in [-0.2, -0.15) is 0 Å². The molecule has 2 aliphatic carbocycles. The van der Waals surface area contributed by atoms with Gasteiger partial charge >= 0.3 is 0 Å². The van der Waals surface area contributed by atoms with E-state index in [0.717, 1.165) is 27.9 Å². The van der Waals surface area contributed by atoms with E-state index in [0.29, 0.717) is 17.5 Å². The number of aromatic nitrogens is 4. The van der Waals surface area contributed by atoms with Crippen molar-refractivity contribution in [2.24, 2.45) is 0 Å². The first-order chi connectivity index (χ1) is 24.3. The number of pyridine rings is 1. The lowest BCUT2D eigenvalue weighted by molar-refractivity contribution is 0.794. The summed E-state index contributed by atoms with van der Waals surface area (Å²) in [4.78, 5) is 20.2. The highest BCUT2D eigenvalue weighted by molar-refractivity contribution is 5.99. The van der Waals surface area contributed by atoms with E-state index < -0.39 is 5.41 Å². The van der Waals surface area contributed by atoms with E-state index in [2.05, 4.69) is 109 Å². The molecule has 2 aliphatic rings. The molecule has 0 amide bonds. The van der Waals surface area contributed by atoms with Crippen molar-refractivity contribution in [2.75, 3.05) is 0 Å². The SMILES string of the molecule is c1ccc(-c2ccc(-c3nc(-c4ccccc4)nc(-c4cccc5c4-c4ccccc4C54c5ccccc5-c5ccccc54)n3)cn2)cc1. The molecule has 8 aromatic rings.